The Kier molecular flexibility index (Phi) is 4.41. The first kappa shape index (κ1) is 16.7. The van der Waals surface area contributed by atoms with Crippen LogP contribution in [0.5, 0.6) is 5.75 Å². The molecule has 0 aliphatic heterocycles. The van der Waals surface area contributed by atoms with E-state index in [1.807, 2.05) is 49.1 Å². The lowest BCUT2D eigenvalue weighted by Gasteiger charge is -2.18. The van der Waals surface area contributed by atoms with Crippen LogP contribution in [-0.2, 0) is 18.3 Å². The molecule has 1 aliphatic carbocycles. The van der Waals surface area contributed by atoms with Gasteiger partial charge in [0.05, 0.1) is 19.1 Å². The predicted octanol–water partition coefficient (Wildman–Crippen LogP) is 3.11. The van der Waals surface area contributed by atoms with Crippen LogP contribution in [0.15, 0.2) is 36.8 Å². The lowest BCUT2D eigenvalue weighted by molar-refractivity contribution is -0.121. The van der Waals surface area contributed by atoms with Crippen molar-refractivity contribution in [2.45, 2.75) is 32.2 Å². The Balaban J connectivity index is 1.55. The number of ether oxygens (including phenoxy) is 1. The van der Waals surface area contributed by atoms with E-state index in [1.165, 1.54) is 0 Å². The molecule has 1 aliphatic rings. The van der Waals surface area contributed by atoms with Gasteiger partial charge in [-0.1, -0.05) is 6.07 Å². The van der Waals surface area contributed by atoms with Crippen molar-refractivity contribution in [3.05, 3.63) is 48.2 Å². The van der Waals surface area contributed by atoms with E-state index in [2.05, 4.69) is 15.3 Å². The molecule has 0 bridgehead atoms. The number of H-pyrrole nitrogens is 1. The Bertz CT molecular complexity index is 923. The van der Waals surface area contributed by atoms with Crippen LogP contribution in [0.25, 0.3) is 10.9 Å². The van der Waals surface area contributed by atoms with Crippen molar-refractivity contribution in [1.29, 1.82) is 0 Å². The normalized spacial score (nSPS) is 15.2. The standard InChI is InChI=1S/C20H24N4O2/c1-3-26-16-6-4-5-15-18(16)14(12-22-15)11-17(25)23-19(13-7-8-13)20-21-9-10-24(20)2/h4-6,9-10,12-13,19,22H,3,7-8,11H2,1-2H3,(H,23,25)/t19-/m0/s1. The van der Waals surface area contributed by atoms with Crippen LogP contribution in [0, 0.1) is 5.92 Å². The van der Waals surface area contributed by atoms with Crippen LogP contribution < -0.4 is 10.1 Å². The summed E-state index contributed by atoms with van der Waals surface area (Å²) in [6.45, 7) is 2.56. The number of imidazole rings is 1. The van der Waals surface area contributed by atoms with Crippen molar-refractivity contribution in [3.8, 4) is 5.75 Å². The molecular weight excluding hydrogens is 328 g/mol. The molecule has 1 fully saturated rings. The molecule has 1 atom stereocenters. The van der Waals surface area contributed by atoms with Crippen LogP contribution in [0.3, 0.4) is 0 Å². The van der Waals surface area contributed by atoms with Crippen LogP contribution in [-0.4, -0.2) is 27.0 Å². The fourth-order valence-electron chi connectivity index (χ4n) is 3.53. The van der Waals surface area contributed by atoms with E-state index >= 15 is 0 Å². The van der Waals surface area contributed by atoms with E-state index in [4.69, 9.17) is 4.74 Å². The number of amides is 1. The number of hydrogen-bond acceptors (Lipinski definition) is 3. The van der Waals surface area contributed by atoms with Crippen LogP contribution in [0.4, 0.5) is 0 Å². The maximum absolute atomic E-state index is 12.8. The summed E-state index contributed by atoms with van der Waals surface area (Å²) in [4.78, 5) is 20.4. The van der Waals surface area contributed by atoms with Gasteiger partial charge in [0.25, 0.3) is 0 Å². The van der Waals surface area contributed by atoms with Crippen molar-refractivity contribution in [2.24, 2.45) is 13.0 Å². The minimum absolute atomic E-state index is 0.0112. The SMILES string of the molecule is CCOc1cccc2[nH]cc(CC(=O)N[C@H](c3nccn3C)C3CC3)c12. The number of hydrogen-bond donors (Lipinski definition) is 2. The van der Waals surface area contributed by atoms with Gasteiger partial charge in [-0.3, -0.25) is 4.79 Å². The molecule has 1 saturated carbocycles. The second kappa shape index (κ2) is 6.86. The molecule has 0 saturated heterocycles. The third-order valence-electron chi connectivity index (χ3n) is 4.95. The van der Waals surface area contributed by atoms with Gasteiger partial charge in [0.1, 0.15) is 11.6 Å². The summed E-state index contributed by atoms with van der Waals surface area (Å²) >= 11 is 0. The Morgan fingerprint density at radius 2 is 2.31 bits per heavy atom. The minimum atomic E-state index is -0.0148. The molecule has 1 aromatic carbocycles. The molecule has 4 rings (SSSR count). The molecule has 6 nitrogen and oxygen atoms in total. The van der Waals surface area contributed by atoms with Crippen molar-refractivity contribution in [2.75, 3.05) is 6.61 Å². The maximum Gasteiger partial charge on any atom is 0.225 e. The molecule has 0 radical (unpaired) electrons. The highest BCUT2D eigenvalue weighted by Crippen LogP contribution is 2.40. The van der Waals surface area contributed by atoms with Crippen molar-refractivity contribution >= 4 is 16.8 Å². The molecular formula is C20H24N4O2. The Labute approximate surface area is 152 Å². The first-order chi connectivity index (χ1) is 12.7. The van der Waals surface area contributed by atoms with Gasteiger partial charge in [-0.2, -0.15) is 0 Å². The molecule has 6 heteroatoms. The average Bonchev–Trinajstić information content (AvgIpc) is 3.26. The quantitative estimate of drug-likeness (QED) is 0.686. The van der Waals surface area contributed by atoms with Gasteiger partial charge in [0.15, 0.2) is 0 Å². The largest absolute Gasteiger partial charge is 0.493 e. The lowest BCUT2D eigenvalue weighted by atomic mass is 10.1. The van der Waals surface area contributed by atoms with Crippen molar-refractivity contribution in [3.63, 3.8) is 0 Å². The molecule has 136 valence electrons. The zero-order valence-electron chi connectivity index (χ0n) is 15.2. The number of aromatic amines is 1. The minimum Gasteiger partial charge on any atom is -0.493 e. The molecule has 0 spiro atoms. The van der Waals surface area contributed by atoms with E-state index in [-0.39, 0.29) is 11.9 Å². The van der Waals surface area contributed by atoms with Crippen molar-refractivity contribution < 1.29 is 9.53 Å². The smallest absolute Gasteiger partial charge is 0.225 e. The highest BCUT2D eigenvalue weighted by molar-refractivity contribution is 5.93. The summed E-state index contributed by atoms with van der Waals surface area (Å²) in [6, 6.07) is 5.89. The highest BCUT2D eigenvalue weighted by atomic mass is 16.5. The van der Waals surface area contributed by atoms with E-state index in [0.29, 0.717) is 18.9 Å². The summed E-state index contributed by atoms with van der Waals surface area (Å²) in [7, 11) is 1.97. The number of aryl methyl sites for hydroxylation is 1. The number of fused-ring (bicyclic) bond motifs is 1. The number of benzene rings is 1. The molecule has 2 N–H and O–H groups in total. The zero-order chi connectivity index (χ0) is 18.1. The van der Waals surface area contributed by atoms with Gasteiger partial charge >= 0.3 is 0 Å². The maximum atomic E-state index is 12.8. The number of nitrogens with one attached hydrogen (secondary N) is 2. The number of carbonyl (C=O) groups excluding carboxylic acids is 1. The fourth-order valence-corrected chi connectivity index (χ4v) is 3.53. The highest BCUT2D eigenvalue weighted by Gasteiger charge is 2.35. The average molecular weight is 352 g/mol. The second-order valence-corrected chi connectivity index (χ2v) is 6.88. The molecule has 1 amide bonds. The Morgan fingerprint density at radius 3 is 3.00 bits per heavy atom. The number of rotatable bonds is 7. The number of carbonyl (C=O) groups is 1. The first-order valence-electron chi connectivity index (χ1n) is 9.15. The zero-order valence-corrected chi connectivity index (χ0v) is 15.2. The van der Waals surface area contributed by atoms with Crippen molar-refractivity contribution in [1.82, 2.24) is 19.9 Å². The fraction of sp³-hybridized carbons (Fsp3) is 0.400. The van der Waals surface area contributed by atoms with Crippen LogP contribution in [0.2, 0.25) is 0 Å². The first-order valence-corrected chi connectivity index (χ1v) is 9.15. The Morgan fingerprint density at radius 1 is 1.46 bits per heavy atom. The number of aromatic nitrogens is 3. The van der Waals surface area contributed by atoms with Crippen LogP contribution in [0.1, 0.15) is 37.2 Å². The number of nitrogens with zero attached hydrogens (tertiary/aromatic N) is 2. The molecule has 2 heterocycles. The van der Waals surface area contributed by atoms with Gasteiger partial charge in [0.2, 0.25) is 5.91 Å². The predicted molar refractivity (Wildman–Crippen MR) is 100.0 cm³/mol. The molecule has 3 aromatic rings. The summed E-state index contributed by atoms with van der Waals surface area (Å²) in [5.74, 6) is 2.24. The van der Waals surface area contributed by atoms with E-state index < -0.39 is 0 Å². The summed E-state index contributed by atoms with van der Waals surface area (Å²) in [5.41, 5.74) is 1.94. The third kappa shape index (κ3) is 3.19. The van der Waals surface area contributed by atoms with E-state index in [0.717, 1.165) is 40.9 Å². The molecule has 26 heavy (non-hydrogen) atoms. The van der Waals surface area contributed by atoms with Gasteiger partial charge in [0, 0.05) is 36.5 Å². The lowest BCUT2D eigenvalue weighted by Crippen LogP contribution is -2.32. The summed E-state index contributed by atoms with van der Waals surface area (Å²) < 4.78 is 7.73. The topological polar surface area (TPSA) is 71.9 Å². The third-order valence-corrected chi connectivity index (χ3v) is 4.95. The van der Waals surface area contributed by atoms with Gasteiger partial charge < -0.3 is 19.6 Å². The van der Waals surface area contributed by atoms with Gasteiger partial charge in [-0.15, -0.1) is 0 Å². The Hall–Kier alpha value is -2.76. The summed E-state index contributed by atoms with van der Waals surface area (Å²) in [5, 5.41) is 4.19. The monoisotopic (exact) mass is 352 g/mol. The molecule has 0 unspecified atom stereocenters. The van der Waals surface area contributed by atoms with Gasteiger partial charge in [-0.25, -0.2) is 4.98 Å². The van der Waals surface area contributed by atoms with Gasteiger partial charge in [-0.05, 0) is 43.4 Å². The second-order valence-electron chi connectivity index (χ2n) is 6.88. The summed E-state index contributed by atoms with van der Waals surface area (Å²) in [6.07, 6.45) is 8.20. The molecule has 2 aromatic heterocycles. The van der Waals surface area contributed by atoms with Crippen LogP contribution >= 0.6 is 0 Å². The van der Waals surface area contributed by atoms with E-state index in [9.17, 15) is 4.79 Å². The van der Waals surface area contributed by atoms with E-state index in [1.54, 1.807) is 6.20 Å².